The van der Waals surface area contributed by atoms with Gasteiger partial charge in [0, 0.05) is 0 Å². The lowest BCUT2D eigenvalue weighted by molar-refractivity contribution is -0.303. The molecule has 2 fully saturated rings. The van der Waals surface area contributed by atoms with Gasteiger partial charge in [-0.05, 0) is 0 Å². The summed E-state index contributed by atoms with van der Waals surface area (Å²) in [5.74, 6) is -40.8. The Bertz CT molecular complexity index is 1300. The molecule has 2 saturated heterocycles. The third-order valence-electron chi connectivity index (χ3n) is 5.13. The van der Waals surface area contributed by atoms with Crippen LogP contribution >= 0.6 is 0 Å². The summed E-state index contributed by atoms with van der Waals surface area (Å²) < 4.78 is 316. The summed E-state index contributed by atoms with van der Waals surface area (Å²) >= 11 is 0. The van der Waals surface area contributed by atoms with Crippen LogP contribution in [0.4, 0.5) is 87.8 Å². The molecule has 2 rings (SSSR count). The molecule has 2 aliphatic heterocycles. The van der Waals surface area contributed by atoms with Crippen molar-refractivity contribution in [2.75, 3.05) is 0 Å². The fraction of sp³-hybridized carbons (Fsp3) is 0.833. The van der Waals surface area contributed by atoms with E-state index in [2.05, 4.69) is 0 Å². The van der Waals surface area contributed by atoms with Gasteiger partial charge in [0.05, 0.1) is 0 Å². The van der Waals surface area contributed by atoms with Crippen LogP contribution in [0.2, 0.25) is 0 Å². The van der Waals surface area contributed by atoms with E-state index in [9.17, 15) is 114 Å². The van der Waals surface area contributed by atoms with Gasteiger partial charge in [0.1, 0.15) is 0 Å². The monoisotopic (exact) mass is 728 g/mol. The highest BCUT2D eigenvalue weighted by atomic mass is 32.3. The Morgan fingerprint density at radius 1 is 0.442 bits per heavy atom. The predicted octanol–water partition coefficient (Wildman–Crippen LogP) is 3.44. The first-order chi connectivity index (χ1) is 18.3. The van der Waals surface area contributed by atoms with E-state index in [-0.39, 0.29) is 0 Å². The minimum absolute atomic E-state index is 1.82. The van der Waals surface area contributed by atoms with E-state index < -0.39 is 100 Å². The molecule has 0 bridgehead atoms. The summed E-state index contributed by atoms with van der Waals surface area (Å²) in [6.45, 7) is 0. The molecular weight excluding hydrogens is 728 g/mol. The number of hydrogen-bond acceptors (Lipinski definition) is 7. The molecule has 2 heterocycles. The number of amides is 2. The van der Waals surface area contributed by atoms with Crippen LogP contribution in [0.1, 0.15) is 0 Å². The van der Waals surface area contributed by atoms with Gasteiger partial charge in [-0.2, -0.15) is 105 Å². The summed E-state index contributed by atoms with van der Waals surface area (Å²) in [5, 5.41) is -15.6. The average Bonchev–Trinajstić information content (AvgIpc) is 2.87. The Balaban J connectivity index is 2.62. The van der Waals surface area contributed by atoms with Crippen LogP contribution in [-0.4, -0.2) is 96.8 Å². The average molecular weight is 728 g/mol. The molecule has 43 heavy (non-hydrogen) atoms. The molecule has 31 heteroatoms. The molecule has 2 aliphatic rings. The van der Waals surface area contributed by atoms with Crippen LogP contribution in [0.5, 0.6) is 0 Å². The van der Waals surface area contributed by atoms with Crippen LogP contribution in [0.3, 0.4) is 0 Å². The van der Waals surface area contributed by atoms with Crippen molar-refractivity contribution in [3.63, 3.8) is 0 Å². The number of rotatable bonds is 6. The van der Waals surface area contributed by atoms with Crippen LogP contribution in [0.15, 0.2) is 0 Å². The van der Waals surface area contributed by atoms with Crippen LogP contribution in [0.25, 0.3) is 0 Å². The molecule has 0 N–H and O–H groups in total. The molecule has 0 aromatic rings. The van der Waals surface area contributed by atoms with E-state index in [0.29, 0.717) is 0 Å². The lowest BCUT2D eigenvalue weighted by Crippen LogP contribution is -2.61. The number of nitrogens with zero attached hydrogens (tertiary/aromatic N) is 2. The Labute approximate surface area is 219 Å². The van der Waals surface area contributed by atoms with E-state index in [0.717, 1.165) is 0 Å². The van der Waals surface area contributed by atoms with Gasteiger partial charge in [0.15, 0.2) is 0 Å². The highest BCUT2D eigenvalue weighted by Crippen LogP contribution is 2.65. The lowest BCUT2D eigenvalue weighted by Gasteiger charge is -2.31. The molecule has 0 saturated carbocycles. The summed E-state index contributed by atoms with van der Waals surface area (Å²) in [6.07, 6.45) is 0. The van der Waals surface area contributed by atoms with Crippen molar-refractivity contribution in [2.45, 2.75) is 58.4 Å². The van der Waals surface area contributed by atoms with E-state index in [1.54, 1.807) is 0 Å². The Morgan fingerprint density at radius 3 is 0.767 bits per heavy atom. The molecule has 0 aromatic carbocycles. The lowest BCUT2D eigenvalue weighted by atomic mass is 10.2. The van der Waals surface area contributed by atoms with Gasteiger partial charge in [-0.25, -0.2) is 9.80 Å². The van der Waals surface area contributed by atoms with E-state index in [1.807, 2.05) is 3.63 Å². The fourth-order valence-corrected chi connectivity index (χ4v) is 5.09. The van der Waals surface area contributed by atoms with Crippen molar-refractivity contribution < 1.29 is 118 Å². The maximum atomic E-state index is 14.0. The van der Waals surface area contributed by atoms with Crippen molar-refractivity contribution in [2.24, 2.45) is 0 Å². The van der Waals surface area contributed by atoms with Crippen LogP contribution in [-0.2, 0) is 33.5 Å². The van der Waals surface area contributed by atoms with E-state index >= 15 is 0 Å². The predicted molar refractivity (Wildman–Crippen MR) is 82.1 cm³/mol. The number of carbonyl (C=O) groups is 2. The second kappa shape index (κ2) is 8.56. The first kappa shape index (κ1) is 36.6. The minimum atomic E-state index is -8.76. The Morgan fingerprint density at radius 2 is 0.605 bits per heavy atom. The van der Waals surface area contributed by atoms with Crippen LogP contribution in [0, 0.1) is 0 Å². The highest BCUT2D eigenvalue weighted by molar-refractivity contribution is 8.01. The number of alkyl halides is 20. The molecular formula is C12F20N2O7S2. The molecule has 2 amide bonds. The normalized spacial score (nSPS) is 26.8. The second-order valence-electron chi connectivity index (χ2n) is 7.75. The standard InChI is InChI=1S/C12F20N2O7S2/c13-3(14,1(35)33-9(25,26)5(17,18)6(19,20)10(33,27)28)42(37,38)41-43(39,40)4(15,16)2(36)34-11(29,30)7(21,22)8(23,24)12(34,31)32. The van der Waals surface area contributed by atoms with E-state index in [1.165, 1.54) is 0 Å². The molecule has 0 radical (unpaired) electrons. The van der Waals surface area contributed by atoms with Gasteiger partial charge in [0.25, 0.3) is 0 Å². The molecule has 0 aromatic heterocycles. The van der Waals surface area contributed by atoms with E-state index in [4.69, 9.17) is 0 Å². The molecule has 9 nitrogen and oxygen atoms in total. The van der Waals surface area contributed by atoms with Gasteiger partial charge in [-0.15, -0.1) is 3.63 Å². The van der Waals surface area contributed by atoms with Gasteiger partial charge in [-0.3, -0.25) is 9.59 Å². The van der Waals surface area contributed by atoms with Crippen molar-refractivity contribution in [1.29, 1.82) is 0 Å². The third kappa shape index (κ3) is 3.87. The summed E-state index contributed by atoms with van der Waals surface area (Å²) in [7, 11) is -17.5. The first-order valence-electron chi connectivity index (χ1n) is 8.94. The summed E-state index contributed by atoms with van der Waals surface area (Å²) in [5.41, 5.74) is 0. The van der Waals surface area contributed by atoms with Crippen LogP contribution < -0.4 is 0 Å². The summed E-state index contributed by atoms with van der Waals surface area (Å²) in [4.78, 5) is 15.0. The SMILES string of the molecule is O=C(N1C(F)(F)C(F)(F)C(F)(F)C1(F)F)C(F)(F)S(=O)(=O)OS(=O)(=O)C(F)(F)C(=O)N1C(F)(F)C(F)(F)C(F)(F)C1(F)F. The Hall–Kier alpha value is -2.60. The number of carbonyl (C=O) groups excluding carboxylic acids is 2. The highest BCUT2D eigenvalue weighted by Gasteiger charge is 2.96. The topological polar surface area (TPSA) is 118 Å². The van der Waals surface area contributed by atoms with Gasteiger partial charge >= 0.3 is 90.4 Å². The zero-order valence-corrected chi connectivity index (χ0v) is 19.8. The largest absolute Gasteiger partial charge is 0.448 e. The van der Waals surface area contributed by atoms with Gasteiger partial charge in [-0.1, -0.05) is 0 Å². The fourth-order valence-electron chi connectivity index (χ4n) is 2.86. The maximum absolute atomic E-state index is 14.0. The molecule has 0 unspecified atom stereocenters. The molecule has 252 valence electrons. The van der Waals surface area contributed by atoms with Crippen molar-refractivity contribution in [3.8, 4) is 0 Å². The third-order valence-corrected chi connectivity index (χ3v) is 8.17. The van der Waals surface area contributed by atoms with Crippen molar-refractivity contribution in [1.82, 2.24) is 9.80 Å². The Kier molecular flexibility index (Phi) is 7.28. The quantitative estimate of drug-likeness (QED) is 0.304. The molecule has 0 aliphatic carbocycles. The number of hydrogen-bond donors (Lipinski definition) is 0. The van der Waals surface area contributed by atoms with Gasteiger partial charge in [0.2, 0.25) is 0 Å². The number of likely N-dealkylation sites (tertiary alicyclic amines) is 2. The maximum Gasteiger partial charge on any atom is 0.448 e. The first-order valence-corrected chi connectivity index (χ1v) is 11.8. The minimum Gasteiger partial charge on any atom is -0.266 e. The second-order valence-corrected chi connectivity index (χ2v) is 11.1. The van der Waals surface area contributed by atoms with Crippen molar-refractivity contribution >= 4 is 32.1 Å². The molecule has 0 spiro atoms. The smallest absolute Gasteiger partial charge is 0.266 e. The van der Waals surface area contributed by atoms with Crippen molar-refractivity contribution in [3.05, 3.63) is 0 Å². The van der Waals surface area contributed by atoms with Gasteiger partial charge < -0.3 is 0 Å². The number of halogens is 20. The summed E-state index contributed by atoms with van der Waals surface area (Å²) in [6, 6.07) is -30.3. The zero-order valence-electron chi connectivity index (χ0n) is 18.1. The molecule has 0 atom stereocenters. The zero-order chi connectivity index (χ0) is 35.0.